The number of hydrogen-bond donors (Lipinski definition) is 2. The Balaban J connectivity index is 4.98. The molecular weight excluding hydrogens is 468 g/mol. The summed E-state index contributed by atoms with van der Waals surface area (Å²) in [6.45, 7) is 4.91. The fraction of sp³-hybridized carbons (Fsp3) is 0.762. The summed E-state index contributed by atoms with van der Waals surface area (Å²) < 4.78 is 14.2. The number of aliphatic carboxylic acids is 2. The van der Waals surface area contributed by atoms with Crippen LogP contribution in [0.3, 0.4) is 0 Å². The third kappa shape index (κ3) is 19.2. The van der Waals surface area contributed by atoms with E-state index < -0.39 is 11.9 Å². The van der Waals surface area contributed by atoms with Crippen molar-refractivity contribution in [2.24, 2.45) is 0 Å². The van der Waals surface area contributed by atoms with Crippen LogP contribution in [-0.4, -0.2) is 140 Å². The minimum atomic E-state index is -1.04. The first kappa shape index (κ1) is 32.2. The molecule has 0 rings (SSSR count). The number of carboxylic acid groups (broad SMARTS) is 2. The highest BCUT2D eigenvalue weighted by Crippen LogP contribution is 2.01. The van der Waals surface area contributed by atoms with Gasteiger partial charge < -0.3 is 24.4 Å². The number of hydrogen-bond acceptors (Lipinski definition) is 12. The van der Waals surface area contributed by atoms with Gasteiger partial charge in [-0.15, -0.1) is 0 Å². The predicted octanol–water partition coefficient (Wildman–Crippen LogP) is -1.05. The number of carboxylic acids is 2. The van der Waals surface area contributed by atoms with E-state index in [1.807, 2.05) is 4.90 Å². The van der Waals surface area contributed by atoms with Crippen molar-refractivity contribution in [3.8, 4) is 0 Å². The Morgan fingerprint density at radius 1 is 0.600 bits per heavy atom. The number of ether oxygens (including phenoxy) is 3. The molecule has 0 aliphatic heterocycles. The first-order chi connectivity index (χ1) is 16.9. The van der Waals surface area contributed by atoms with Crippen LogP contribution in [0.2, 0.25) is 0 Å². The lowest BCUT2D eigenvalue weighted by molar-refractivity contribution is -0.142. The second-order valence-electron chi connectivity index (χ2n) is 7.74. The Morgan fingerprint density at radius 3 is 1.37 bits per heavy atom. The smallest absolute Gasteiger partial charge is 0.317 e. The minimum absolute atomic E-state index is 0.0211. The highest BCUT2D eigenvalue weighted by molar-refractivity contribution is 5.69. The molecule has 2 N–H and O–H groups in total. The lowest BCUT2D eigenvalue weighted by atomic mass is 10.2. The standard InChI is InChI=1S/C21H38N4O10/c1-2-3-4-5-22(12-20(29)30)6-9-24(14-33-17-26)10-7-23(13-21(31)32)8-11-25(15-34-18-27)16-35-19-28/h17-19H,2-16H2,1H3,(H,29,30)(H,31,32). The van der Waals surface area contributed by atoms with Crippen LogP contribution in [0.5, 0.6) is 0 Å². The maximum Gasteiger partial charge on any atom is 0.317 e. The van der Waals surface area contributed by atoms with Gasteiger partial charge in [0, 0.05) is 39.3 Å². The number of unbranched alkanes of at least 4 members (excludes halogenated alkanes) is 2. The average molecular weight is 507 g/mol. The Bertz CT molecular complexity index is 599. The monoisotopic (exact) mass is 506 g/mol. The zero-order chi connectivity index (χ0) is 26.3. The Morgan fingerprint density at radius 2 is 0.971 bits per heavy atom. The topological polar surface area (TPSA) is 166 Å². The number of carbonyl (C=O) groups excluding carboxylic acids is 3. The summed E-state index contributed by atoms with van der Waals surface area (Å²) in [4.78, 5) is 60.8. The van der Waals surface area contributed by atoms with Gasteiger partial charge in [-0.25, -0.2) is 4.90 Å². The summed E-state index contributed by atoms with van der Waals surface area (Å²) in [6.07, 6.45) is 2.88. The molecule has 35 heavy (non-hydrogen) atoms. The van der Waals surface area contributed by atoms with E-state index in [4.69, 9.17) is 4.74 Å². The summed E-state index contributed by atoms with van der Waals surface area (Å²) in [5, 5.41) is 18.4. The summed E-state index contributed by atoms with van der Waals surface area (Å²) in [7, 11) is 0. The maximum atomic E-state index is 11.3. The highest BCUT2D eigenvalue weighted by atomic mass is 16.6. The van der Waals surface area contributed by atoms with E-state index in [1.54, 1.807) is 9.80 Å². The molecule has 0 aliphatic rings. The van der Waals surface area contributed by atoms with E-state index in [1.165, 1.54) is 4.90 Å². The molecule has 0 aromatic rings. The largest absolute Gasteiger partial charge is 0.480 e. The third-order valence-electron chi connectivity index (χ3n) is 4.97. The molecule has 0 aromatic heterocycles. The van der Waals surface area contributed by atoms with Crippen LogP contribution in [0.4, 0.5) is 0 Å². The van der Waals surface area contributed by atoms with E-state index in [0.717, 1.165) is 19.3 Å². The van der Waals surface area contributed by atoms with Crippen molar-refractivity contribution in [1.82, 2.24) is 19.6 Å². The SMILES string of the molecule is CCCCCN(CCN(CCN(CCN(COC=O)COC=O)CC(=O)O)COC=O)CC(=O)O. The van der Waals surface area contributed by atoms with Crippen molar-refractivity contribution in [2.75, 3.05) is 79.1 Å². The molecule has 0 saturated heterocycles. The molecule has 14 nitrogen and oxygen atoms in total. The molecule has 0 saturated carbocycles. The Labute approximate surface area is 205 Å². The summed E-state index contributed by atoms with van der Waals surface area (Å²) in [6, 6.07) is 0. The maximum absolute atomic E-state index is 11.3. The number of carbonyl (C=O) groups is 5. The van der Waals surface area contributed by atoms with Crippen molar-refractivity contribution in [3.63, 3.8) is 0 Å². The van der Waals surface area contributed by atoms with E-state index in [2.05, 4.69) is 16.4 Å². The zero-order valence-electron chi connectivity index (χ0n) is 20.3. The fourth-order valence-electron chi connectivity index (χ4n) is 3.17. The summed E-state index contributed by atoms with van der Waals surface area (Å²) in [5.74, 6) is -1.96. The van der Waals surface area contributed by atoms with Gasteiger partial charge in [0.1, 0.15) is 20.2 Å². The summed E-state index contributed by atoms with van der Waals surface area (Å²) >= 11 is 0. The van der Waals surface area contributed by atoms with Gasteiger partial charge in [-0.1, -0.05) is 19.8 Å². The summed E-state index contributed by atoms with van der Waals surface area (Å²) in [5.41, 5.74) is 0. The quantitative estimate of drug-likeness (QED) is 0.0631. The van der Waals surface area contributed by atoms with Crippen LogP contribution < -0.4 is 0 Å². The second kappa shape index (κ2) is 21.7. The van der Waals surface area contributed by atoms with Crippen LogP contribution in [0.25, 0.3) is 0 Å². The lowest BCUT2D eigenvalue weighted by Crippen LogP contribution is -2.45. The van der Waals surface area contributed by atoms with Gasteiger partial charge in [0.15, 0.2) is 0 Å². The average Bonchev–Trinajstić information content (AvgIpc) is 2.81. The first-order valence-corrected chi connectivity index (χ1v) is 11.3. The van der Waals surface area contributed by atoms with Gasteiger partial charge in [0.25, 0.3) is 19.4 Å². The molecule has 0 atom stereocenters. The van der Waals surface area contributed by atoms with Crippen LogP contribution >= 0.6 is 0 Å². The molecule has 0 heterocycles. The molecule has 0 aliphatic carbocycles. The van der Waals surface area contributed by atoms with Gasteiger partial charge in [-0.3, -0.25) is 38.7 Å². The van der Waals surface area contributed by atoms with Gasteiger partial charge in [-0.2, -0.15) is 0 Å². The van der Waals surface area contributed by atoms with Gasteiger partial charge >= 0.3 is 11.9 Å². The number of nitrogens with zero attached hydrogens (tertiary/aromatic N) is 4. The van der Waals surface area contributed by atoms with Crippen molar-refractivity contribution >= 4 is 31.4 Å². The third-order valence-corrected chi connectivity index (χ3v) is 4.97. The normalized spacial score (nSPS) is 11.1. The van der Waals surface area contributed by atoms with Gasteiger partial charge in [0.05, 0.1) is 13.1 Å². The molecule has 14 heteroatoms. The van der Waals surface area contributed by atoms with Crippen molar-refractivity contribution < 1.29 is 48.4 Å². The second-order valence-corrected chi connectivity index (χ2v) is 7.74. The van der Waals surface area contributed by atoms with Crippen LogP contribution in [0.15, 0.2) is 0 Å². The molecule has 0 aromatic carbocycles. The fourth-order valence-corrected chi connectivity index (χ4v) is 3.17. The molecule has 202 valence electrons. The molecule has 0 spiro atoms. The Hall–Kier alpha value is -2.81. The molecule has 0 bridgehead atoms. The number of rotatable bonds is 26. The van der Waals surface area contributed by atoms with Gasteiger partial charge in [0.2, 0.25) is 0 Å². The van der Waals surface area contributed by atoms with Crippen molar-refractivity contribution in [3.05, 3.63) is 0 Å². The van der Waals surface area contributed by atoms with E-state index >= 15 is 0 Å². The minimum Gasteiger partial charge on any atom is -0.480 e. The molecule has 0 radical (unpaired) electrons. The van der Waals surface area contributed by atoms with Crippen LogP contribution in [0.1, 0.15) is 26.2 Å². The first-order valence-electron chi connectivity index (χ1n) is 11.3. The lowest BCUT2D eigenvalue weighted by Gasteiger charge is -2.29. The molecular formula is C21H38N4O10. The molecule has 0 unspecified atom stereocenters. The Kier molecular flexibility index (Phi) is 20.0. The van der Waals surface area contributed by atoms with E-state index in [9.17, 15) is 34.2 Å². The van der Waals surface area contributed by atoms with Crippen LogP contribution in [-0.2, 0) is 38.2 Å². The zero-order valence-corrected chi connectivity index (χ0v) is 20.3. The molecule has 0 amide bonds. The van der Waals surface area contributed by atoms with Crippen molar-refractivity contribution in [2.45, 2.75) is 26.2 Å². The highest BCUT2D eigenvalue weighted by Gasteiger charge is 2.17. The van der Waals surface area contributed by atoms with Gasteiger partial charge in [-0.05, 0) is 13.0 Å². The van der Waals surface area contributed by atoms with Crippen molar-refractivity contribution in [1.29, 1.82) is 0 Å². The molecule has 0 fully saturated rings. The van der Waals surface area contributed by atoms with E-state index in [-0.39, 0.29) is 59.3 Å². The van der Waals surface area contributed by atoms with Crippen LogP contribution in [0, 0.1) is 0 Å². The predicted molar refractivity (Wildman–Crippen MR) is 122 cm³/mol. The van der Waals surface area contributed by atoms with E-state index in [0.29, 0.717) is 39.2 Å².